The number of methoxy groups -OCH3 is 1. The molecule has 0 bridgehead atoms. The number of rotatable bonds is 4. The average Bonchev–Trinajstić information content (AvgIpc) is 2.16. The molecule has 0 saturated heterocycles. The summed E-state index contributed by atoms with van der Waals surface area (Å²) >= 11 is 3.01. The fraction of sp³-hybridized carbons (Fsp3) is 0.333. The van der Waals surface area contributed by atoms with Crippen molar-refractivity contribution >= 4 is 21.9 Å². The molecule has 0 aromatic carbocycles. The summed E-state index contributed by atoms with van der Waals surface area (Å²) in [4.78, 5) is 14.2. The second-order valence-electron chi connectivity index (χ2n) is 2.89. The fourth-order valence-electron chi connectivity index (χ4n) is 1.14. The number of ether oxygens (including phenoxy) is 1. The quantitative estimate of drug-likeness (QED) is 0.867. The van der Waals surface area contributed by atoms with Gasteiger partial charge in [-0.3, -0.25) is 4.79 Å². The number of hydrogen-bond acceptors (Lipinski definition) is 3. The van der Waals surface area contributed by atoms with Crippen LogP contribution in [0.4, 0.5) is 8.78 Å². The normalized spacial score (nSPS) is 10.6. The minimum Gasteiger partial charge on any atom is -0.494 e. The zero-order valence-corrected chi connectivity index (χ0v) is 9.79. The molecule has 1 heterocycles. The maximum Gasteiger partial charge on any atom is 0.309 e. The van der Waals surface area contributed by atoms with Crippen molar-refractivity contribution < 1.29 is 23.4 Å². The van der Waals surface area contributed by atoms with Crippen LogP contribution in [0.5, 0.6) is 5.75 Å². The van der Waals surface area contributed by atoms with Crippen LogP contribution in [-0.2, 0) is 11.2 Å². The molecule has 0 radical (unpaired) electrons. The van der Waals surface area contributed by atoms with Gasteiger partial charge >= 0.3 is 5.97 Å². The summed E-state index contributed by atoms with van der Waals surface area (Å²) in [5, 5.41) is 8.56. The van der Waals surface area contributed by atoms with E-state index in [1.807, 2.05) is 0 Å². The second-order valence-corrected chi connectivity index (χ2v) is 3.64. The molecule has 4 nitrogen and oxygen atoms in total. The van der Waals surface area contributed by atoms with Crippen LogP contribution in [0.25, 0.3) is 0 Å². The highest BCUT2D eigenvalue weighted by Crippen LogP contribution is 2.31. The molecule has 1 rings (SSSR count). The minimum atomic E-state index is -2.79. The van der Waals surface area contributed by atoms with Gasteiger partial charge in [-0.15, -0.1) is 0 Å². The predicted molar refractivity (Wildman–Crippen MR) is 54.8 cm³/mol. The van der Waals surface area contributed by atoms with Crippen molar-refractivity contribution in [2.45, 2.75) is 12.8 Å². The monoisotopic (exact) mass is 295 g/mol. The van der Waals surface area contributed by atoms with E-state index in [4.69, 9.17) is 9.84 Å². The highest BCUT2D eigenvalue weighted by Gasteiger charge is 2.19. The van der Waals surface area contributed by atoms with Gasteiger partial charge in [0.15, 0.2) is 5.75 Å². The van der Waals surface area contributed by atoms with E-state index in [0.717, 1.165) is 6.07 Å². The van der Waals surface area contributed by atoms with Gasteiger partial charge in [-0.05, 0) is 22.0 Å². The van der Waals surface area contributed by atoms with Gasteiger partial charge in [0.1, 0.15) is 4.60 Å². The molecule has 0 amide bonds. The molecular weight excluding hydrogens is 288 g/mol. The molecule has 0 saturated carbocycles. The molecule has 0 spiro atoms. The van der Waals surface area contributed by atoms with Gasteiger partial charge < -0.3 is 9.84 Å². The van der Waals surface area contributed by atoms with E-state index < -0.39 is 24.4 Å². The first kappa shape index (κ1) is 12.8. The first-order chi connectivity index (χ1) is 7.45. The molecule has 0 fully saturated rings. The number of pyridine rings is 1. The Morgan fingerprint density at radius 2 is 2.31 bits per heavy atom. The summed E-state index contributed by atoms with van der Waals surface area (Å²) in [5.41, 5.74) is -0.599. The third-order valence-electron chi connectivity index (χ3n) is 1.83. The number of aliphatic carboxylic acids is 1. The number of nitrogens with zero attached hydrogens (tertiary/aromatic N) is 1. The summed E-state index contributed by atoms with van der Waals surface area (Å²) in [6.07, 6.45) is -3.34. The van der Waals surface area contributed by atoms with Gasteiger partial charge in [0, 0.05) is 5.56 Å². The number of carbonyl (C=O) groups is 1. The summed E-state index contributed by atoms with van der Waals surface area (Å²) in [5.74, 6) is -1.07. The van der Waals surface area contributed by atoms with Crippen LogP contribution < -0.4 is 4.74 Å². The van der Waals surface area contributed by atoms with Crippen molar-refractivity contribution in [2.24, 2.45) is 0 Å². The minimum absolute atomic E-state index is 0.143. The van der Waals surface area contributed by atoms with E-state index in [9.17, 15) is 13.6 Å². The van der Waals surface area contributed by atoms with Crippen molar-refractivity contribution in [3.05, 3.63) is 21.9 Å². The van der Waals surface area contributed by atoms with Crippen LogP contribution in [0.1, 0.15) is 17.7 Å². The van der Waals surface area contributed by atoms with E-state index in [1.54, 1.807) is 0 Å². The Kier molecular flexibility index (Phi) is 4.17. The van der Waals surface area contributed by atoms with Crippen LogP contribution in [0, 0.1) is 0 Å². The van der Waals surface area contributed by atoms with Crippen LogP contribution in [-0.4, -0.2) is 23.2 Å². The first-order valence-electron chi connectivity index (χ1n) is 4.19. The summed E-state index contributed by atoms with van der Waals surface area (Å²) in [6.45, 7) is 0. The molecule has 1 aromatic rings. The number of hydrogen-bond donors (Lipinski definition) is 1. The summed E-state index contributed by atoms with van der Waals surface area (Å²) in [7, 11) is 1.31. The zero-order chi connectivity index (χ0) is 12.3. The Morgan fingerprint density at radius 1 is 1.69 bits per heavy atom. The van der Waals surface area contributed by atoms with Crippen molar-refractivity contribution in [1.29, 1.82) is 0 Å². The SMILES string of the molecule is COc1cc(C(F)F)c(CC(=O)O)nc1Br. The van der Waals surface area contributed by atoms with Crippen LogP contribution >= 0.6 is 15.9 Å². The molecule has 7 heteroatoms. The lowest BCUT2D eigenvalue weighted by Crippen LogP contribution is -2.07. The van der Waals surface area contributed by atoms with Crippen molar-refractivity contribution in [3.8, 4) is 5.75 Å². The van der Waals surface area contributed by atoms with Crippen LogP contribution in [0.15, 0.2) is 10.7 Å². The number of carboxylic acid groups (broad SMARTS) is 1. The number of halogens is 3. The van der Waals surface area contributed by atoms with Gasteiger partial charge in [0.2, 0.25) is 0 Å². The third-order valence-corrected chi connectivity index (χ3v) is 2.40. The summed E-state index contributed by atoms with van der Waals surface area (Å²) < 4.78 is 30.3. The Bertz CT molecular complexity index is 412. The Balaban J connectivity index is 3.24. The van der Waals surface area contributed by atoms with E-state index >= 15 is 0 Å². The average molecular weight is 296 g/mol. The standard InChI is InChI=1S/C9H8BrF2NO3/c1-16-6-2-4(9(11)12)5(3-7(14)15)13-8(6)10/h2,9H,3H2,1H3,(H,14,15). The van der Waals surface area contributed by atoms with E-state index in [2.05, 4.69) is 20.9 Å². The van der Waals surface area contributed by atoms with E-state index in [-0.39, 0.29) is 16.0 Å². The topological polar surface area (TPSA) is 59.4 Å². The van der Waals surface area contributed by atoms with Crippen LogP contribution in [0.3, 0.4) is 0 Å². The number of carboxylic acids is 1. The molecule has 0 unspecified atom stereocenters. The maximum atomic E-state index is 12.6. The second kappa shape index (κ2) is 5.20. The molecule has 1 N–H and O–H groups in total. The number of alkyl halides is 2. The lowest BCUT2D eigenvalue weighted by Gasteiger charge is -2.10. The zero-order valence-electron chi connectivity index (χ0n) is 8.21. The van der Waals surface area contributed by atoms with Gasteiger partial charge in [-0.25, -0.2) is 13.8 Å². The first-order valence-corrected chi connectivity index (χ1v) is 4.98. The molecular formula is C9H8BrF2NO3. The third kappa shape index (κ3) is 2.88. The molecule has 1 aromatic heterocycles. The molecule has 0 aliphatic rings. The Labute approximate surface area is 98.4 Å². The van der Waals surface area contributed by atoms with E-state index in [0.29, 0.717) is 0 Å². The molecule has 0 aliphatic heterocycles. The van der Waals surface area contributed by atoms with Gasteiger partial charge in [0.05, 0.1) is 19.2 Å². The molecule has 16 heavy (non-hydrogen) atoms. The Morgan fingerprint density at radius 3 is 2.75 bits per heavy atom. The largest absolute Gasteiger partial charge is 0.494 e. The van der Waals surface area contributed by atoms with E-state index in [1.165, 1.54) is 7.11 Å². The van der Waals surface area contributed by atoms with Crippen LogP contribution in [0.2, 0.25) is 0 Å². The molecule has 0 aliphatic carbocycles. The van der Waals surface area contributed by atoms with Gasteiger partial charge in [-0.1, -0.05) is 0 Å². The highest BCUT2D eigenvalue weighted by molar-refractivity contribution is 9.10. The highest BCUT2D eigenvalue weighted by atomic mass is 79.9. The van der Waals surface area contributed by atoms with Crippen molar-refractivity contribution in [3.63, 3.8) is 0 Å². The number of aromatic nitrogens is 1. The van der Waals surface area contributed by atoms with Gasteiger partial charge in [0.25, 0.3) is 6.43 Å². The molecule has 88 valence electrons. The summed E-state index contributed by atoms with van der Waals surface area (Å²) in [6, 6.07) is 1.08. The lowest BCUT2D eigenvalue weighted by atomic mass is 10.1. The van der Waals surface area contributed by atoms with Crippen molar-refractivity contribution in [1.82, 2.24) is 4.98 Å². The smallest absolute Gasteiger partial charge is 0.309 e. The predicted octanol–water partition coefficient (Wildman–Crippen LogP) is 2.42. The fourth-order valence-corrected chi connectivity index (χ4v) is 1.63. The lowest BCUT2D eigenvalue weighted by molar-refractivity contribution is -0.136. The Hall–Kier alpha value is -1.24. The molecule has 0 atom stereocenters. The maximum absolute atomic E-state index is 12.6. The van der Waals surface area contributed by atoms with Crippen molar-refractivity contribution in [2.75, 3.05) is 7.11 Å². The van der Waals surface area contributed by atoms with Gasteiger partial charge in [-0.2, -0.15) is 0 Å².